The van der Waals surface area contributed by atoms with Gasteiger partial charge in [0, 0.05) is 12.6 Å². The van der Waals surface area contributed by atoms with E-state index in [1.54, 1.807) is 36.7 Å². The van der Waals surface area contributed by atoms with E-state index in [2.05, 4.69) is 10.9 Å². The van der Waals surface area contributed by atoms with Crippen LogP contribution in [0.1, 0.15) is 6.92 Å². The molecule has 0 saturated carbocycles. The number of methoxy groups -OCH3 is 2. The van der Waals surface area contributed by atoms with Crippen LogP contribution in [-0.4, -0.2) is 45.5 Å². The molecule has 31 heavy (non-hydrogen) atoms. The third-order valence-electron chi connectivity index (χ3n) is 4.73. The van der Waals surface area contributed by atoms with Gasteiger partial charge in [-0.25, -0.2) is 14.3 Å². The van der Waals surface area contributed by atoms with Crippen LogP contribution in [-0.2, 0) is 29.7 Å². The molecule has 0 spiro atoms. The highest BCUT2D eigenvalue weighted by Gasteiger charge is 2.22. The maximum atomic E-state index is 13.0. The summed E-state index contributed by atoms with van der Waals surface area (Å²) in [5, 5.41) is 0. The van der Waals surface area contributed by atoms with Crippen LogP contribution in [0.2, 0.25) is 0 Å². The second kappa shape index (κ2) is 8.79. The van der Waals surface area contributed by atoms with Gasteiger partial charge in [0.05, 0.1) is 27.4 Å². The van der Waals surface area contributed by atoms with Crippen molar-refractivity contribution in [3.05, 3.63) is 39.0 Å². The van der Waals surface area contributed by atoms with Gasteiger partial charge in [-0.15, -0.1) is 6.42 Å². The van der Waals surface area contributed by atoms with E-state index < -0.39 is 23.8 Å². The van der Waals surface area contributed by atoms with Gasteiger partial charge < -0.3 is 18.8 Å². The van der Waals surface area contributed by atoms with Crippen LogP contribution in [0.4, 0.5) is 0 Å². The van der Waals surface area contributed by atoms with Crippen molar-refractivity contribution in [3.63, 3.8) is 0 Å². The topological polar surface area (TPSA) is 107 Å². The van der Waals surface area contributed by atoms with Crippen LogP contribution in [0.5, 0.6) is 11.5 Å². The van der Waals surface area contributed by atoms with Crippen molar-refractivity contribution in [2.24, 2.45) is 7.05 Å². The van der Waals surface area contributed by atoms with E-state index in [1.165, 1.54) is 14.2 Å². The number of fused-ring (bicyclic) bond motifs is 1. The number of terminal acetylenes is 1. The fourth-order valence-corrected chi connectivity index (χ4v) is 3.30. The van der Waals surface area contributed by atoms with Gasteiger partial charge in [0.15, 0.2) is 22.7 Å². The molecule has 10 nitrogen and oxygen atoms in total. The SMILES string of the molecule is C#CCn1c(=O)c2c(nc(-c3ccc(OC)c(OC)c3)n2C)n(CC(=O)OCC)c1=O. The first-order chi connectivity index (χ1) is 14.9. The Hall–Kier alpha value is -4.00. The summed E-state index contributed by atoms with van der Waals surface area (Å²) in [6.07, 6.45) is 5.34. The number of ether oxygens (including phenoxy) is 3. The molecule has 3 aromatic rings. The molecule has 0 N–H and O–H groups in total. The maximum Gasteiger partial charge on any atom is 0.334 e. The van der Waals surface area contributed by atoms with Crippen molar-refractivity contribution in [1.82, 2.24) is 18.7 Å². The highest BCUT2D eigenvalue weighted by molar-refractivity contribution is 5.79. The minimum Gasteiger partial charge on any atom is -0.493 e. The molecule has 0 radical (unpaired) electrons. The highest BCUT2D eigenvalue weighted by atomic mass is 16.5. The van der Waals surface area contributed by atoms with Crippen molar-refractivity contribution in [1.29, 1.82) is 0 Å². The number of carbonyl (C=O) groups excluding carboxylic acids is 1. The van der Waals surface area contributed by atoms with Gasteiger partial charge in [-0.2, -0.15) is 0 Å². The first-order valence-electron chi connectivity index (χ1n) is 9.39. The Labute approximate surface area is 177 Å². The Morgan fingerprint density at radius 2 is 1.87 bits per heavy atom. The number of hydrogen-bond donors (Lipinski definition) is 0. The summed E-state index contributed by atoms with van der Waals surface area (Å²) in [6.45, 7) is 1.16. The third-order valence-corrected chi connectivity index (χ3v) is 4.73. The zero-order chi connectivity index (χ0) is 22.7. The number of benzene rings is 1. The van der Waals surface area contributed by atoms with Crippen molar-refractivity contribution >= 4 is 17.1 Å². The highest BCUT2D eigenvalue weighted by Crippen LogP contribution is 2.32. The molecule has 0 unspecified atom stereocenters. The van der Waals surface area contributed by atoms with E-state index in [0.717, 1.165) is 9.13 Å². The Morgan fingerprint density at radius 1 is 1.16 bits per heavy atom. The number of esters is 1. The fraction of sp³-hybridized carbons (Fsp3) is 0.333. The molecule has 0 fully saturated rings. The number of aryl methyl sites for hydroxylation is 1. The van der Waals surface area contributed by atoms with E-state index in [0.29, 0.717) is 22.9 Å². The summed E-state index contributed by atoms with van der Waals surface area (Å²) in [5.41, 5.74) is -0.526. The van der Waals surface area contributed by atoms with Gasteiger partial charge >= 0.3 is 11.7 Å². The molecule has 0 aliphatic carbocycles. The van der Waals surface area contributed by atoms with Gasteiger partial charge in [0.25, 0.3) is 5.56 Å². The third kappa shape index (κ3) is 3.77. The summed E-state index contributed by atoms with van der Waals surface area (Å²) in [4.78, 5) is 42.5. The summed E-state index contributed by atoms with van der Waals surface area (Å²) in [5.74, 6) is 3.06. The first kappa shape index (κ1) is 21.7. The lowest BCUT2D eigenvalue weighted by atomic mass is 10.2. The largest absolute Gasteiger partial charge is 0.493 e. The standard InChI is InChI=1S/C21H22N4O6/c1-6-10-24-20(27)17-19(25(21(24)28)12-16(26)31-7-2)22-18(23(17)3)13-8-9-14(29-4)15(11-13)30-5/h1,8-9,11H,7,10,12H2,2-5H3. The van der Waals surface area contributed by atoms with Crippen LogP contribution < -0.4 is 20.7 Å². The Morgan fingerprint density at radius 3 is 2.48 bits per heavy atom. The molecule has 0 aliphatic heterocycles. The molecule has 0 saturated heterocycles. The number of imidazole rings is 1. The molecular formula is C21H22N4O6. The van der Waals surface area contributed by atoms with Crippen molar-refractivity contribution in [2.75, 3.05) is 20.8 Å². The van der Waals surface area contributed by atoms with E-state index in [1.807, 2.05) is 0 Å². The lowest BCUT2D eigenvalue weighted by molar-refractivity contribution is -0.143. The molecule has 1 aromatic carbocycles. The van der Waals surface area contributed by atoms with Gasteiger partial charge in [-0.1, -0.05) is 5.92 Å². The van der Waals surface area contributed by atoms with Gasteiger partial charge in [0.2, 0.25) is 0 Å². The average molecular weight is 426 g/mol. The van der Waals surface area contributed by atoms with E-state index in [4.69, 9.17) is 20.6 Å². The summed E-state index contributed by atoms with van der Waals surface area (Å²) in [6, 6.07) is 5.15. The van der Waals surface area contributed by atoms with E-state index in [9.17, 15) is 14.4 Å². The van der Waals surface area contributed by atoms with Crippen molar-refractivity contribution in [3.8, 4) is 35.2 Å². The number of rotatable bonds is 7. The van der Waals surface area contributed by atoms with Crippen LogP contribution in [0.3, 0.4) is 0 Å². The monoisotopic (exact) mass is 426 g/mol. The molecule has 162 valence electrons. The van der Waals surface area contributed by atoms with Crippen LogP contribution in [0.15, 0.2) is 27.8 Å². The minimum absolute atomic E-state index is 0.0589. The molecule has 10 heteroatoms. The number of hydrogen-bond acceptors (Lipinski definition) is 7. The number of aromatic nitrogens is 4. The smallest absolute Gasteiger partial charge is 0.334 e. The van der Waals surface area contributed by atoms with Gasteiger partial charge in [0.1, 0.15) is 12.4 Å². The summed E-state index contributed by atoms with van der Waals surface area (Å²) < 4.78 is 19.1. The molecule has 0 bridgehead atoms. The summed E-state index contributed by atoms with van der Waals surface area (Å²) in [7, 11) is 4.67. The minimum atomic E-state index is -0.736. The number of carbonyl (C=O) groups is 1. The Kier molecular flexibility index (Phi) is 6.15. The van der Waals surface area contributed by atoms with Gasteiger partial charge in [-0.05, 0) is 25.1 Å². The maximum absolute atomic E-state index is 13.0. The van der Waals surface area contributed by atoms with Crippen molar-refractivity contribution in [2.45, 2.75) is 20.0 Å². The van der Waals surface area contributed by atoms with Crippen LogP contribution in [0, 0.1) is 12.3 Å². The molecule has 3 rings (SSSR count). The molecule has 0 amide bonds. The summed E-state index contributed by atoms with van der Waals surface area (Å²) >= 11 is 0. The number of nitrogens with zero attached hydrogens (tertiary/aromatic N) is 4. The second-order valence-corrected chi connectivity index (χ2v) is 6.51. The zero-order valence-electron chi connectivity index (χ0n) is 17.7. The fourth-order valence-electron chi connectivity index (χ4n) is 3.30. The molecule has 0 atom stereocenters. The molecule has 2 aromatic heterocycles. The zero-order valence-corrected chi connectivity index (χ0v) is 17.7. The Balaban J connectivity index is 2.33. The first-order valence-corrected chi connectivity index (χ1v) is 9.39. The van der Waals surface area contributed by atoms with Gasteiger partial charge in [-0.3, -0.25) is 14.2 Å². The second-order valence-electron chi connectivity index (χ2n) is 6.51. The van der Waals surface area contributed by atoms with E-state index in [-0.39, 0.29) is 24.3 Å². The molecule has 2 heterocycles. The normalized spacial score (nSPS) is 10.7. The quantitative estimate of drug-likeness (QED) is 0.406. The molecule has 0 aliphatic rings. The van der Waals surface area contributed by atoms with E-state index >= 15 is 0 Å². The van der Waals surface area contributed by atoms with Crippen molar-refractivity contribution < 1.29 is 19.0 Å². The van der Waals surface area contributed by atoms with Crippen LogP contribution in [0.25, 0.3) is 22.6 Å². The van der Waals surface area contributed by atoms with Crippen LogP contribution >= 0.6 is 0 Å². The molecular weight excluding hydrogens is 404 g/mol. The predicted octanol–water partition coefficient (Wildman–Crippen LogP) is 0.777. The average Bonchev–Trinajstić information content (AvgIpc) is 3.11. The Bertz CT molecular complexity index is 1310. The lowest BCUT2D eigenvalue weighted by Crippen LogP contribution is -2.41. The lowest BCUT2D eigenvalue weighted by Gasteiger charge is -2.10. The predicted molar refractivity (Wildman–Crippen MR) is 113 cm³/mol.